The molecule has 0 bridgehead atoms. The van der Waals surface area contributed by atoms with Crippen molar-refractivity contribution in [1.29, 1.82) is 0 Å². The first-order chi connectivity index (χ1) is 13.5. The average Bonchev–Trinajstić information content (AvgIpc) is 3.12. The van der Waals surface area contributed by atoms with Gasteiger partial charge in [-0.05, 0) is 19.4 Å². The molecule has 28 heavy (non-hydrogen) atoms. The Labute approximate surface area is 164 Å². The number of fused-ring (bicyclic) bond motifs is 1. The van der Waals surface area contributed by atoms with Crippen LogP contribution in [0, 0.1) is 5.21 Å². The lowest BCUT2D eigenvalue weighted by molar-refractivity contribution is -0.473. The molecule has 2 heterocycles. The largest absolute Gasteiger partial charge is 0.624 e. The topological polar surface area (TPSA) is 63.0 Å². The molecule has 0 aromatic heterocycles. The van der Waals surface area contributed by atoms with E-state index in [-0.39, 0.29) is 12.6 Å². The van der Waals surface area contributed by atoms with Crippen molar-refractivity contribution in [3.63, 3.8) is 0 Å². The lowest BCUT2D eigenvalue weighted by atomic mass is 10.1. The standard InChI is InChI=1S/C22H25NO5/c1-22(2)27-20-19(25-15-17-11-7-4-8-12-17)18(26-21(20)28-22)14-23(24)13-16-9-5-3-6-10-16/h3-12,14,18-21H,13,15H2,1-2H3/b23-14-/t18?,19-,20+,21+/m0/s1. The van der Waals surface area contributed by atoms with Crippen LogP contribution < -0.4 is 0 Å². The summed E-state index contributed by atoms with van der Waals surface area (Å²) in [6.07, 6.45) is -0.400. The second-order valence-corrected chi connectivity index (χ2v) is 7.54. The molecule has 1 unspecified atom stereocenters. The van der Waals surface area contributed by atoms with Crippen LogP contribution in [-0.2, 0) is 32.1 Å². The zero-order valence-electron chi connectivity index (χ0n) is 16.1. The molecule has 6 nitrogen and oxygen atoms in total. The molecule has 2 fully saturated rings. The molecule has 0 N–H and O–H groups in total. The van der Waals surface area contributed by atoms with Crippen LogP contribution in [0.25, 0.3) is 0 Å². The van der Waals surface area contributed by atoms with E-state index in [0.29, 0.717) is 6.61 Å². The highest BCUT2D eigenvalue weighted by atomic mass is 16.8. The number of hydroxylamine groups is 1. The van der Waals surface area contributed by atoms with Crippen LogP contribution in [0.3, 0.4) is 0 Å². The molecule has 0 aliphatic carbocycles. The van der Waals surface area contributed by atoms with E-state index in [2.05, 4.69) is 0 Å². The van der Waals surface area contributed by atoms with Crippen molar-refractivity contribution in [2.75, 3.05) is 0 Å². The second-order valence-electron chi connectivity index (χ2n) is 7.54. The summed E-state index contributed by atoms with van der Waals surface area (Å²) in [5.41, 5.74) is 1.98. The van der Waals surface area contributed by atoms with Gasteiger partial charge in [0.25, 0.3) is 0 Å². The molecule has 0 amide bonds. The Bertz CT molecular complexity index is 808. The molecule has 2 saturated heterocycles. The third-order valence-electron chi connectivity index (χ3n) is 4.81. The third kappa shape index (κ3) is 4.42. The Morgan fingerprint density at radius 3 is 2.32 bits per heavy atom. The van der Waals surface area contributed by atoms with E-state index in [1.807, 2.05) is 74.5 Å². The zero-order chi connectivity index (χ0) is 19.6. The highest BCUT2D eigenvalue weighted by Gasteiger charge is 2.56. The van der Waals surface area contributed by atoms with Crippen LogP contribution in [-0.4, -0.2) is 41.3 Å². The summed E-state index contributed by atoms with van der Waals surface area (Å²) >= 11 is 0. The van der Waals surface area contributed by atoms with Gasteiger partial charge in [0.15, 0.2) is 30.9 Å². The molecular formula is C22H25NO5. The SMILES string of the molecule is CC1(C)O[C@H]2OC(/C=[N+](\[O-])Cc3ccccc3)[C@H](OCc3ccccc3)[C@H]2O1. The van der Waals surface area contributed by atoms with Gasteiger partial charge >= 0.3 is 0 Å². The number of rotatable bonds is 6. The maximum atomic E-state index is 12.5. The van der Waals surface area contributed by atoms with E-state index in [9.17, 15) is 5.21 Å². The van der Waals surface area contributed by atoms with Crippen molar-refractivity contribution in [3.8, 4) is 0 Å². The fraction of sp³-hybridized carbons (Fsp3) is 0.409. The smallest absolute Gasteiger partial charge is 0.190 e. The Kier molecular flexibility index (Phi) is 5.46. The third-order valence-corrected chi connectivity index (χ3v) is 4.81. The van der Waals surface area contributed by atoms with E-state index < -0.39 is 24.3 Å². The molecule has 148 valence electrons. The Morgan fingerprint density at radius 2 is 1.64 bits per heavy atom. The van der Waals surface area contributed by atoms with Crippen LogP contribution >= 0.6 is 0 Å². The zero-order valence-corrected chi connectivity index (χ0v) is 16.1. The average molecular weight is 383 g/mol. The summed E-state index contributed by atoms with van der Waals surface area (Å²) in [4.78, 5) is 0. The molecular weight excluding hydrogens is 358 g/mol. The summed E-state index contributed by atoms with van der Waals surface area (Å²) in [5.74, 6) is -0.740. The number of hydrogen-bond acceptors (Lipinski definition) is 5. The van der Waals surface area contributed by atoms with Gasteiger partial charge in [0.1, 0.15) is 12.2 Å². The number of nitrogens with zero attached hydrogens (tertiary/aromatic N) is 1. The molecule has 6 heteroatoms. The van der Waals surface area contributed by atoms with E-state index in [4.69, 9.17) is 18.9 Å². The van der Waals surface area contributed by atoms with Gasteiger partial charge in [0, 0.05) is 5.56 Å². The van der Waals surface area contributed by atoms with Crippen molar-refractivity contribution in [1.82, 2.24) is 0 Å². The molecule has 4 rings (SSSR count). The first-order valence-electron chi connectivity index (χ1n) is 9.49. The predicted octanol–water partition coefficient (Wildman–Crippen LogP) is 3.23. The number of ether oxygens (including phenoxy) is 4. The van der Waals surface area contributed by atoms with Gasteiger partial charge in [-0.25, -0.2) is 4.74 Å². The fourth-order valence-corrected chi connectivity index (χ4v) is 3.56. The van der Waals surface area contributed by atoms with Gasteiger partial charge in [-0.15, -0.1) is 0 Å². The van der Waals surface area contributed by atoms with E-state index in [1.54, 1.807) is 0 Å². The molecule has 2 aliphatic rings. The maximum Gasteiger partial charge on any atom is 0.190 e. The van der Waals surface area contributed by atoms with E-state index in [1.165, 1.54) is 6.21 Å². The summed E-state index contributed by atoms with van der Waals surface area (Å²) in [5, 5.41) is 12.5. The van der Waals surface area contributed by atoms with Crippen molar-refractivity contribution < 1.29 is 23.7 Å². The number of benzene rings is 2. The molecule has 2 aliphatic heterocycles. The van der Waals surface area contributed by atoms with Crippen LogP contribution in [0.2, 0.25) is 0 Å². The van der Waals surface area contributed by atoms with Crippen LogP contribution in [0.1, 0.15) is 25.0 Å². The second kappa shape index (κ2) is 8.01. The number of hydrogen-bond donors (Lipinski definition) is 0. The van der Waals surface area contributed by atoms with Gasteiger partial charge in [-0.1, -0.05) is 60.7 Å². The lowest BCUT2D eigenvalue weighted by Gasteiger charge is -2.24. The molecule has 2 aromatic rings. The normalized spacial score (nSPS) is 29.0. The summed E-state index contributed by atoms with van der Waals surface area (Å²) in [6, 6.07) is 19.5. The highest BCUT2D eigenvalue weighted by Crippen LogP contribution is 2.38. The molecule has 2 aromatic carbocycles. The minimum absolute atomic E-state index is 0.245. The first-order valence-corrected chi connectivity index (χ1v) is 9.49. The van der Waals surface area contributed by atoms with Gasteiger partial charge in [-0.2, -0.15) is 0 Å². The van der Waals surface area contributed by atoms with Gasteiger partial charge < -0.3 is 24.2 Å². The molecule has 0 radical (unpaired) electrons. The molecule has 0 spiro atoms. The van der Waals surface area contributed by atoms with Crippen molar-refractivity contribution in [3.05, 3.63) is 77.0 Å². The van der Waals surface area contributed by atoms with Gasteiger partial charge in [0.2, 0.25) is 0 Å². The van der Waals surface area contributed by atoms with E-state index >= 15 is 0 Å². The molecule has 4 atom stereocenters. The lowest BCUT2D eigenvalue weighted by Crippen LogP contribution is -2.38. The van der Waals surface area contributed by atoms with Crippen LogP contribution in [0.5, 0.6) is 0 Å². The predicted molar refractivity (Wildman–Crippen MR) is 104 cm³/mol. The quantitative estimate of drug-likeness (QED) is 0.332. The summed E-state index contributed by atoms with van der Waals surface area (Å²) in [7, 11) is 0. The Hall–Kier alpha value is -2.25. The van der Waals surface area contributed by atoms with Crippen molar-refractivity contribution in [2.24, 2.45) is 0 Å². The van der Waals surface area contributed by atoms with Crippen molar-refractivity contribution >= 4 is 6.21 Å². The monoisotopic (exact) mass is 383 g/mol. The highest BCUT2D eigenvalue weighted by molar-refractivity contribution is 5.60. The molecule has 0 saturated carbocycles. The minimum atomic E-state index is -0.740. The van der Waals surface area contributed by atoms with Gasteiger partial charge in [-0.3, -0.25) is 0 Å². The Balaban J connectivity index is 1.49. The van der Waals surface area contributed by atoms with Crippen LogP contribution in [0.15, 0.2) is 60.7 Å². The maximum absolute atomic E-state index is 12.5. The summed E-state index contributed by atoms with van der Waals surface area (Å²) < 4.78 is 24.8. The van der Waals surface area contributed by atoms with Gasteiger partial charge in [0.05, 0.1) is 6.61 Å². The van der Waals surface area contributed by atoms with Crippen molar-refractivity contribution in [2.45, 2.75) is 57.4 Å². The van der Waals surface area contributed by atoms with Crippen LogP contribution in [0.4, 0.5) is 0 Å². The summed E-state index contributed by atoms with van der Waals surface area (Å²) in [6.45, 7) is 4.34. The first kappa shape index (κ1) is 19.1. The van der Waals surface area contributed by atoms with E-state index in [0.717, 1.165) is 15.9 Å². The minimum Gasteiger partial charge on any atom is -0.624 e. The Morgan fingerprint density at radius 1 is 1.00 bits per heavy atom. The fourth-order valence-electron chi connectivity index (χ4n) is 3.56.